The molecule has 2 atom stereocenters. The van der Waals surface area contributed by atoms with E-state index in [9.17, 15) is 9.90 Å². The van der Waals surface area contributed by atoms with Crippen LogP contribution in [0.5, 0.6) is 0 Å². The topological polar surface area (TPSA) is 134 Å². The first-order valence-corrected chi connectivity index (χ1v) is 12.3. The number of hydrogen-bond donors (Lipinski definition) is 2. The van der Waals surface area contributed by atoms with Crippen molar-refractivity contribution in [1.82, 2.24) is 24.8 Å². The van der Waals surface area contributed by atoms with Crippen LogP contribution >= 0.6 is 0 Å². The van der Waals surface area contributed by atoms with Gasteiger partial charge in [-0.1, -0.05) is 13.8 Å². The second-order valence-corrected chi connectivity index (χ2v) is 10.2. The standard InChI is InChI=1S/C24H34N8O3/c1-15(2)19(33)21(34)31-7-5-24(3,14-31)32-6-4-17-18(16-12-26-22(25)27-13-16)28-23(29-20(17)32)30-8-10-35-11-9-30/h12-13,15,19,33H,4-11,14H2,1-3H3,(H2,25,26,27)/t19-,24+/m1/s1. The van der Waals surface area contributed by atoms with Gasteiger partial charge in [0.15, 0.2) is 0 Å². The predicted octanol–water partition coefficient (Wildman–Crippen LogP) is 0.723. The van der Waals surface area contributed by atoms with Gasteiger partial charge in [0, 0.05) is 56.2 Å². The molecule has 2 aromatic rings. The van der Waals surface area contributed by atoms with Crippen molar-refractivity contribution in [3.63, 3.8) is 0 Å². The van der Waals surface area contributed by atoms with E-state index in [1.165, 1.54) is 0 Å². The second kappa shape index (κ2) is 9.19. The van der Waals surface area contributed by atoms with E-state index in [1.807, 2.05) is 13.8 Å². The number of aliphatic hydroxyl groups excluding tert-OH is 1. The SMILES string of the molecule is CC(C)[C@@H](O)C(=O)N1CC[C@](C)(N2CCc3c(-c4cnc(N)nc4)nc(N4CCOCC4)nc32)C1. The molecule has 0 radical (unpaired) electrons. The fourth-order valence-electron chi connectivity index (χ4n) is 5.20. The van der Waals surface area contributed by atoms with Gasteiger partial charge in [-0.25, -0.2) is 15.0 Å². The first kappa shape index (κ1) is 23.7. The zero-order valence-corrected chi connectivity index (χ0v) is 20.6. The number of carbonyl (C=O) groups is 1. The fourth-order valence-corrected chi connectivity index (χ4v) is 5.20. The molecule has 0 bridgehead atoms. The summed E-state index contributed by atoms with van der Waals surface area (Å²) in [5.41, 5.74) is 8.13. The Labute approximate surface area is 205 Å². The minimum absolute atomic E-state index is 0.115. The van der Waals surface area contributed by atoms with Gasteiger partial charge in [0.2, 0.25) is 11.9 Å². The number of carbonyl (C=O) groups excluding carboxylic acids is 1. The van der Waals surface area contributed by atoms with Crippen molar-refractivity contribution in [1.29, 1.82) is 0 Å². The monoisotopic (exact) mass is 482 g/mol. The first-order chi connectivity index (χ1) is 16.8. The average Bonchev–Trinajstić information content (AvgIpc) is 3.48. The van der Waals surface area contributed by atoms with Crippen molar-refractivity contribution in [2.75, 3.05) is 61.5 Å². The minimum atomic E-state index is -0.976. The maximum absolute atomic E-state index is 12.9. The molecule has 5 heterocycles. The quantitative estimate of drug-likeness (QED) is 0.628. The third-order valence-corrected chi connectivity index (χ3v) is 7.35. The number of likely N-dealkylation sites (tertiary alicyclic amines) is 1. The largest absolute Gasteiger partial charge is 0.383 e. The van der Waals surface area contributed by atoms with Gasteiger partial charge in [-0.05, 0) is 25.7 Å². The van der Waals surface area contributed by atoms with Crippen molar-refractivity contribution in [3.05, 3.63) is 18.0 Å². The van der Waals surface area contributed by atoms with Crippen LogP contribution in [0.15, 0.2) is 12.4 Å². The summed E-state index contributed by atoms with van der Waals surface area (Å²) in [6.07, 6.45) is 4.04. The Balaban J connectivity index is 1.50. The van der Waals surface area contributed by atoms with Crippen LogP contribution < -0.4 is 15.5 Å². The highest BCUT2D eigenvalue weighted by Crippen LogP contribution is 2.41. The molecule has 0 unspecified atom stereocenters. The first-order valence-electron chi connectivity index (χ1n) is 12.3. The molecule has 1 amide bonds. The summed E-state index contributed by atoms with van der Waals surface area (Å²) in [6.45, 7) is 10.6. The third-order valence-electron chi connectivity index (χ3n) is 7.35. The number of aromatic nitrogens is 4. The molecular formula is C24H34N8O3. The van der Waals surface area contributed by atoms with Crippen LogP contribution in [0.4, 0.5) is 17.7 Å². The lowest BCUT2D eigenvalue weighted by atomic mass is 9.99. The Bertz CT molecular complexity index is 1090. The molecule has 188 valence electrons. The average molecular weight is 483 g/mol. The predicted molar refractivity (Wildman–Crippen MR) is 132 cm³/mol. The molecule has 11 heteroatoms. The van der Waals surface area contributed by atoms with Gasteiger partial charge in [0.05, 0.1) is 24.4 Å². The fraction of sp³-hybridized carbons (Fsp3) is 0.625. The number of amides is 1. The highest BCUT2D eigenvalue weighted by molar-refractivity contribution is 5.81. The second-order valence-electron chi connectivity index (χ2n) is 10.2. The molecule has 2 aromatic heterocycles. The van der Waals surface area contributed by atoms with E-state index < -0.39 is 6.10 Å². The molecule has 0 saturated carbocycles. The van der Waals surface area contributed by atoms with Gasteiger partial charge in [0.1, 0.15) is 11.9 Å². The maximum Gasteiger partial charge on any atom is 0.251 e. The summed E-state index contributed by atoms with van der Waals surface area (Å²) in [7, 11) is 0. The van der Waals surface area contributed by atoms with Crippen molar-refractivity contribution < 1.29 is 14.6 Å². The zero-order valence-electron chi connectivity index (χ0n) is 20.6. The van der Waals surface area contributed by atoms with Crippen molar-refractivity contribution in [3.8, 4) is 11.3 Å². The molecule has 3 aliphatic rings. The highest BCUT2D eigenvalue weighted by atomic mass is 16.5. The van der Waals surface area contributed by atoms with Crippen LogP contribution in [-0.2, 0) is 16.0 Å². The normalized spacial score (nSPS) is 23.2. The molecule has 3 N–H and O–H groups in total. The van der Waals surface area contributed by atoms with Gasteiger partial charge in [-0.15, -0.1) is 0 Å². The van der Waals surface area contributed by atoms with Gasteiger partial charge in [-0.2, -0.15) is 4.98 Å². The number of nitrogen functional groups attached to an aromatic ring is 1. The summed E-state index contributed by atoms with van der Waals surface area (Å²) < 4.78 is 5.53. The van der Waals surface area contributed by atoms with Crippen LogP contribution in [0.1, 0.15) is 32.8 Å². The van der Waals surface area contributed by atoms with E-state index in [0.29, 0.717) is 32.3 Å². The molecule has 0 aliphatic carbocycles. The van der Waals surface area contributed by atoms with Gasteiger partial charge >= 0.3 is 0 Å². The molecule has 0 aromatic carbocycles. The summed E-state index contributed by atoms with van der Waals surface area (Å²) >= 11 is 0. The lowest BCUT2D eigenvalue weighted by molar-refractivity contribution is -0.141. The highest BCUT2D eigenvalue weighted by Gasteiger charge is 2.45. The van der Waals surface area contributed by atoms with E-state index in [2.05, 4.69) is 26.7 Å². The molecule has 2 saturated heterocycles. The Hall–Kier alpha value is -3.05. The van der Waals surface area contributed by atoms with Crippen LogP contribution in [0.25, 0.3) is 11.3 Å². The number of morpholine rings is 1. The number of rotatable bonds is 5. The third kappa shape index (κ3) is 4.38. The number of hydrogen-bond acceptors (Lipinski definition) is 10. The van der Waals surface area contributed by atoms with Gasteiger partial charge in [-0.3, -0.25) is 4.79 Å². The molecule has 5 rings (SSSR count). The summed E-state index contributed by atoms with van der Waals surface area (Å²) in [5.74, 6) is 1.47. The summed E-state index contributed by atoms with van der Waals surface area (Å²) in [6, 6.07) is 0. The zero-order chi connectivity index (χ0) is 24.7. The summed E-state index contributed by atoms with van der Waals surface area (Å²) in [5, 5.41) is 10.3. The van der Waals surface area contributed by atoms with Crippen molar-refractivity contribution >= 4 is 23.6 Å². The molecule has 0 spiro atoms. The Morgan fingerprint density at radius 2 is 1.86 bits per heavy atom. The lowest BCUT2D eigenvalue weighted by Gasteiger charge is -2.37. The number of ether oxygens (including phenoxy) is 1. The number of aliphatic hydroxyl groups is 1. The van der Waals surface area contributed by atoms with Gasteiger partial charge < -0.3 is 30.3 Å². The molecular weight excluding hydrogens is 448 g/mol. The number of nitrogens with two attached hydrogens (primary N) is 1. The Morgan fingerprint density at radius 1 is 1.14 bits per heavy atom. The molecule has 35 heavy (non-hydrogen) atoms. The smallest absolute Gasteiger partial charge is 0.251 e. The molecule has 11 nitrogen and oxygen atoms in total. The van der Waals surface area contributed by atoms with E-state index >= 15 is 0 Å². The van der Waals surface area contributed by atoms with Crippen LogP contribution in [0, 0.1) is 5.92 Å². The van der Waals surface area contributed by atoms with Crippen molar-refractivity contribution in [2.45, 2.75) is 45.3 Å². The van der Waals surface area contributed by atoms with Crippen LogP contribution in [0.2, 0.25) is 0 Å². The minimum Gasteiger partial charge on any atom is -0.383 e. The number of anilines is 3. The Kier molecular flexibility index (Phi) is 6.22. The van der Waals surface area contributed by atoms with Gasteiger partial charge in [0.25, 0.3) is 5.91 Å². The molecule has 2 fully saturated rings. The molecule has 3 aliphatic heterocycles. The summed E-state index contributed by atoms with van der Waals surface area (Å²) in [4.78, 5) is 37.5. The number of nitrogens with zero attached hydrogens (tertiary/aromatic N) is 7. The van der Waals surface area contributed by atoms with Crippen molar-refractivity contribution in [2.24, 2.45) is 5.92 Å². The maximum atomic E-state index is 12.9. The Morgan fingerprint density at radius 3 is 2.54 bits per heavy atom. The van der Waals surface area contributed by atoms with Crippen LogP contribution in [0.3, 0.4) is 0 Å². The number of fused-ring (bicyclic) bond motifs is 1. The van der Waals surface area contributed by atoms with E-state index in [-0.39, 0.29) is 23.3 Å². The van der Waals surface area contributed by atoms with E-state index in [4.69, 9.17) is 20.4 Å². The lowest BCUT2D eigenvalue weighted by Crippen LogP contribution is -2.50. The van der Waals surface area contributed by atoms with E-state index in [0.717, 1.165) is 55.1 Å². The van der Waals surface area contributed by atoms with Crippen LogP contribution in [-0.4, -0.2) is 93.4 Å². The van der Waals surface area contributed by atoms with E-state index in [1.54, 1.807) is 17.3 Å².